The molecule has 94 valence electrons. The number of pyridine rings is 1. The molecule has 0 spiro atoms. The zero-order valence-electron chi connectivity index (χ0n) is 10.5. The molecule has 2 N–H and O–H groups in total. The summed E-state index contributed by atoms with van der Waals surface area (Å²) in [4.78, 5) is 4.17. The van der Waals surface area contributed by atoms with E-state index in [-0.39, 0.29) is 6.10 Å². The van der Waals surface area contributed by atoms with Crippen LogP contribution in [-0.4, -0.2) is 11.1 Å². The van der Waals surface area contributed by atoms with Crippen molar-refractivity contribution >= 4 is 5.69 Å². The van der Waals surface area contributed by atoms with E-state index in [2.05, 4.69) is 4.98 Å². The van der Waals surface area contributed by atoms with Gasteiger partial charge in [0.1, 0.15) is 5.75 Å². The minimum absolute atomic E-state index is 0.0670. The van der Waals surface area contributed by atoms with Gasteiger partial charge in [-0.1, -0.05) is 6.07 Å². The van der Waals surface area contributed by atoms with Gasteiger partial charge in [-0.3, -0.25) is 0 Å². The Balaban J connectivity index is 2.23. The Labute approximate surface area is 106 Å². The van der Waals surface area contributed by atoms with Gasteiger partial charge in [0.05, 0.1) is 6.10 Å². The van der Waals surface area contributed by atoms with Crippen LogP contribution in [-0.2, 0) is 0 Å². The zero-order chi connectivity index (χ0) is 13.0. The molecule has 0 aliphatic heterocycles. The lowest BCUT2D eigenvalue weighted by Gasteiger charge is -2.13. The Hall–Kier alpha value is -2.23. The van der Waals surface area contributed by atoms with Crippen LogP contribution in [0.25, 0.3) is 0 Å². The molecule has 0 radical (unpaired) electrons. The lowest BCUT2D eigenvalue weighted by Crippen LogP contribution is -2.07. The Morgan fingerprint density at radius 2 is 2.00 bits per heavy atom. The Morgan fingerprint density at radius 3 is 2.72 bits per heavy atom. The van der Waals surface area contributed by atoms with Gasteiger partial charge in [-0.2, -0.15) is 0 Å². The number of ether oxygens (including phenoxy) is 2. The van der Waals surface area contributed by atoms with E-state index in [1.165, 1.54) is 0 Å². The van der Waals surface area contributed by atoms with Gasteiger partial charge in [0.2, 0.25) is 0 Å². The van der Waals surface area contributed by atoms with Crippen molar-refractivity contribution in [2.24, 2.45) is 0 Å². The molecule has 0 saturated carbocycles. The van der Waals surface area contributed by atoms with Crippen molar-refractivity contribution in [3.05, 3.63) is 42.6 Å². The highest BCUT2D eigenvalue weighted by Gasteiger charge is 2.08. The quantitative estimate of drug-likeness (QED) is 0.839. The van der Waals surface area contributed by atoms with Crippen LogP contribution in [0, 0.1) is 0 Å². The van der Waals surface area contributed by atoms with E-state index < -0.39 is 0 Å². The Morgan fingerprint density at radius 1 is 1.17 bits per heavy atom. The molecule has 4 heteroatoms. The minimum atomic E-state index is 0.0670. The molecule has 18 heavy (non-hydrogen) atoms. The van der Waals surface area contributed by atoms with Gasteiger partial charge in [-0.25, -0.2) is 4.98 Å². The predicted octanol–water partition coefficient (Wildman–Crippen LogP) is 3.24. The maximum Gasteiger partial charge on any atom is 0.262 e. The van der Waals surface area contributed by atoms with Gasteiger partial charge in [0.25, 0.3) is 5.88 Å². The molecule has 1 aromatic carbocycles. The fraction of sp³-hybridized carbons (Fsp3) is 0.214. The third-order valence-electron chi connectivity index (χ3n) is 2.17. The molecule has 0 aliphatic rings. The molecule has 2 aromatic rings. The van der Waals surface area contributed by atoms with E-state index in [1.54, 1.807) is 18.3 Å². The van der Waals surface area contributed by atoms with Crippen molar-refractivity contribution in [1.29, 1.82) is 0 Å². The van der Waals surface area contributed by atoms with Crippen molar-refractivity contribution in [3.63, 3.8) is 0 Å². The van der Waals surface area contributed by atoms with Gasteiger partial charge in [-0.15, -0.1) is 0 Å². The van der Waals surface area contributed by atoms with E-state index in [4.69, 9.17) is 15.2 Å². The van der Waals surface area contributed by atoms with Gasteiger partial charge < -0.3 is 15.2 Å². The summed E-state index contributed by atoms with van der Waals surface area (Å²) in [6, 6.07) is 10.8. The Kier molecular flexibility index (Phi) is 3.67. The predicted molar refractivity (Wildman–Crippen MR) is 70.9 cm³/mol. The second kappa shape index (κ2) is 5.40. The van der Waals surface area contributed by atoms with Gasteiger partial charge in [-0.05, 0) is 38.1 Å². The largest absolute Gasteiger partial charge is 0.485 e. The van der Waals surface area contributed by atoms with Crippen LogP contribution in [0.2, 0.25) is 0 Å². The van der Waals surface area contributed by atoms with Crippen LogP contribution in [0.5, 0.6) is 17.4 Å². The first kappa shape index (κ1) is 12.2. The van der Waals surface area contributed by atoms with Crippen LogP contribution < -0.4 is 15.2 Å². The number of nitrogens with two attached hydrogens (primary N) is 1. The average molecular weight is 244 g/mol. The van der Waals surface area contributed by atoms with Crippen LogP contribution in [0.15, 0.2) is 42.6 Å². The lowest BCUT2D eigenvalue weighted by molar-refractivity contribution is 0.231. The number of nitrogens with zero attached hydrogens (tertiary/aromatic N) is 1. The van der Waals surface area contributed by atoms with E-state index in [9.17, 15) is 0 Å². The fourth-order valence-electron chi connectivity index (χ4n) is 1.49. The molecule has 0 fully saturated rings. The molecule has 4 nitrogen and oxygen atoms in total. The highest BCUT2D eigenvalue weighted by atomic mass is 16.5. The maximum absolute atomic E-state index is 5.70. The molecule has 0 bridgehead atoms. The van der Waals surface area contributed by atoms with E-state index in [1.807, 2.05) is 38.1 Å². The van der Waals surface area contributed by atoms with Gasteiger partial charge >= 0.3 is 0 Å². The summed E-state index contributed by atoms with van der Waals surface area (Å²) in [7, 11) is 0. The van der Waals surface area contributed by atoms with E-state index in [0.29, 0.717) is 23.1 Å². The highest BCUT2D eigenvalue weighted by molar-refractivity contribution is 5.46. The number of anilines is 1. The second-order valence-corrected chi connectivity index (χ2v) is 4.15. The number of hydrogen-bond donors (Lipinski definition) is 1. The van der Waals surface area contributed by atoms with E-state index >= 15 is 0 Å². The number of rotatable bonds is 4. The normalized spacial score (nSPS) is 10.4. The third kappa shape index (κ3) is 3.13. The zero-order valence-corrected chi connectivity index (χ0v) is 10.5. The molecule has 0 saturated heterocycles. The first-order valence-corrected chi connectivity index (χ1v) is 5.80. The third-order valence-corrected chi connectivity index (χ3v) is 2.17. The van der Waals surface area contributed by atoms with Crippen LogP contribution in [0.1, 0.15) is 13.8 Å². The Bertz CT molecular complexity index is 527. The molecular weight excluding hydrogens is 228 g/mol. The van der Waals surface area contributed by atoms with E-state index in [0.717, 1.165) is 0 Å². The van der Waals surface area contributed by atoms with Crippen molar-refractivity contribution in [2.45, 2.75) is 20.0 Å². The SMILES string of the molecule is CC(C)Oc1cccnc1Oc1cccc(N)c1. The fourth-order valence-corrected chi connectivity index (χ4v) is 1.49. The molecule has 2 rings (SSSR count). The standard InChI is InChI=1S/C14H16N2O2/c1-10(2)17-13-7-4-8-16-14(13)18-12-6-3-5-11(15)9-12/h3-10H,15H2,1-2H3. The molecule has 0 unspecified atom stereocenters. The van der Waals surface area contributed by atoms with Crippen molar-refractivity contribution in [2.75, 3.05) is 5.73 Å². The monoisotopic (exact) mass is 244 g/mol. The first-order chi connectivity index (χ1) is 8.65. The molecule has 1 aromatic heterocycles. The number of benzene rings is 1. The highest BCUT2D eigenvalue weighted by Crippen LogP contribution is 2.30. The lowest BCUT2D eigenvalue weighted by atomic mass is 10.3. The molecule has 1 heterocycles. The van der Waals surface area contributed by atoms with Crippen LogP contribution >= 0.6 is 0 Å². The van der Waals surface area contributed by atoms with Gasteiger partial charge in [0, 0.05) is 18.0 Å². The average Bonchev–Trinajstić information content (AvgIpc) is 2.31. The second-order valence-electron chi connectivity index (χ2n) is 4.15. The smallest absolute Gasteiger partial charge is 0.262 e. The van der Waals surface area contributed by atoms with Crippen LogP contribution in [0.3, 0.4) is 0 Å². The van der Waals surface area contributed by atoms with Crippen molar-refractivity contribution < 1.29 is 9.47 Å². The minimum Gasteiger partial charge on any atom is -0.485 e. The van der Waals surface area contributed by atoms with Gasteiger partial charge in [0.15, 0.2) is 5.75 Å². The summed E-state index contributed by atoms with van der Waals surface area (Å²) in [5, 5.41) is 0. The molecular formula is C14H16N2O2. The summed E-state index contributed by atoms with van der Waals surface area (Å²) in [5.41, 5.74) is 6.35. The summed E-state index contributed by atoms with van der Waals surface area (Å²) in [6.07, 6.45) is 1.73. The van der Waals surface area contributed by atoms with Crippen molar-refractivity contribution in [1.82, 2.24) is 4.98 Å². The topological polar surface area (TPSA) is 57.4 Å². The molecule has 0 amide bonds. The number of aromatic nitrogens is 1. The number of hydrogen-bond acceptors (Lipinski definition) is 4. The summed E-state index contributed by atoms with van der Waals surface area (Å²) < 4.78 is 11.3. The summed E-state index contributed by atoms with van der Waals surface area (Å²) in [5.74, 6) is 1.70. The molecule has 0 atom stereocenters. The van der Waals surface area contributed by atoms with Crippen molar-refractivity contribution in [3.8, 4) is 17.4 Å². The molecule has 0 aliphatic carbocycles. The van der Waals surface area contributed by atoms with Crippen LogP contribution in [0.4, 0.5) is 5.69 Å². The first-order valence-electron chi connectivity index (χ1n) is 5.80. The summed E-state index contributed by atoms with van der Waals surface area (Å²) >= 11 is 0. The summed E-state index contributed by atoms with van der Waals surface area (Å²) in [6.45, 7) is 3.91. The maximum atomic E-state index is 5.70. The number of nitrogen functional groups attached to an aromatic ring is 1.